The van der Waals surface area contributed by atoms with Crippen LogP contribution in [0.2, 0.25) is 0 Å². The number of hydrogen-bond acceptors (Lipinski definition) is 4. The number of amides is 2. The monoisotopic (exact) mass is 325 g/mol. The minimum Gasteiger partial charge on any atom is -0.468 e. The molecule has 0 saturated carbocycles. The Morgan fingerprint density at radius 2 is 2.21 bits per heavy atom. The van der Waals surface area contributed by atoms with Gasteiger partial charge in [0.1, 0.15) is 0 Å². The zero-order valence-electron chi connectivity index (χ0n) is 13.5. The van der Waals surface area contributed by atoms with Crippen molar-refractivity contribution in [2.45, 2.75) is 19.8 Å². The first-order valence-corrected chi connectivity index (χ1v) is 7.87. The highest BCUT2D eigenvalue weighted by Crippen LogP contribution is 2.24. The van der Waals surface area contributed by atoms with Gasteiger partial charge in [0.2, 0.25) is 11.8 Å². The molecule has 0 radical (unpaired) electrons. The minimum atomic E-state index is -0.276. The molecule has 0 spiro atoms. The molecule has 0 bridgehead atoms. The smallest absolute Gasteiger partial charge is 0.262 e. The summed E-state index contributed by atoms with van der Waals surface area (Å²) in [7, 11) is 0. The number of benzene rings is 1. The van der Waals surface area contributed by atoms with E-state index < -0.39 is 0 Å². The van der Waals surface area contributed by atoms with Crippen molar-refractivity contribution in [1.29, 1.82) is 0 Å². The van der Waals surface area contributed by atoms with Crippen LogP contribution in [0.15, 0.2) is 42.6 Å². The number of nitrogens with one attached hydrogen (secondary N) is 1. The summed E-state index contributed by atoms with van der Waals surface area (Å²) >= 11 is 0. The Bertz CT molecular complexity index is 743. The second-order valence-electron chi connectivity index (χ2n) is 5.71. The van der Waals surface area contributed by atoms with E-state index in [0.717, 1.165) is 24.2 Å². The molecule has 2 aromatic rings. The fraction of sp³-hybridized carbons (Fsp3) is 0.278. The first-order valence-electron chi connectivity index (χ1n) is 7.87. The number of ether oxygens (including phenoxy) is 1. The van der Waals surface area contributed by atoms with Crippen LogP contribution in [0.5, 0.6) is 5.88 Å². The molecule has 2 amide bonds. The van der Waals surface area contributed by atoms with E-state index in [1.807, 2.05) is 25.1 Å². The molecule has 1 aromatic heterocycles. The average Bonchev–Trinajstić information content (AvgIpc) is 3.01. The summed E-state index contributed by atoms with van der Waals surface area (Å²) in [5.41, 5.74) is 2.47. The molecule has 1 aromatic carbocycles. The topological polar surface area (TPSA) is 71.5 Å². The summed E-state index contributed by atoms with van der Waals surface area (Å²) in [5, 5.41) is 2.77. The standard InChI is InChI=1S/C18H19N3O3/c1-13-7-8-17(19-11-13)24-12-16(22)20-14-4-2-5-15(10-14)21-9-3-6-18(21)23/h2,4-5,7-8,10-11H,3,6,9,12H2,1H3,(H,20,22). The molecule has 24 heavy (non-hydrogen) atoms. The Hall–Kier alpha value is -2.89. The quantitative estimate of drug-likeness (QED) is 0.917. The van der Waals surface area contributed by atoms with Crippen molar-refractivity contribution in [3.05, 3.63) is 48.2 Å². The van der Waals surface area contributed by atoms with Crippen LogP contribution in [0.25, 0.3) is 0 Å². The number of rotatable bonds is 5. The Kier molecular flexibility index (Phi) is 4.74. The summed E-state index contributed by atoms with van der Waals surface area (Å²) < 4.78 is 5.35. The van der Waals surface area contributed by atoms with E-state index in [1.165, 1.54) is 0 Å². The summed E-state index contributed by atoms with van der Waals surface area (Å²) in [6.07, 6.45) is 3.13. The first kappa shape index (κ1) is 16.0. The van der Waals surface area contributed by atoms with Crippen molar-refractivity contribution >= 4 is 23.2 Å². The van der Waals surface area contributed by atoms with Crippen molar-refractivity contribution in [3.63, 3.8) is 0 Å². The minimum absolute atomic E-state index is 0.118. The zero-order chi connectivity index (χ0) is 16.9. The third-order valence-electron chi connectivity index (χ3n) is 3.75. The average molecular weight is 325 g/mol. The van der Waals surface area contributed by atoms with Gasteiger partial charge in [-0.2, -0.15) is 0 Å². The van der Waals surface area contributed by atoms with Gasteiger partial charge in [0.15, 0.2) is 6.61 Å². The molecule has 2 heterocycles. The van der Waals surface area contributed by atoms with Gasteiger partial charge < -0.3 is 15.0 Å². The number of nitrogens with zero attached hydrogens (tertiary/aromatic N) is 2. The molecular formula is C18H19N3O3. The number of anilines is 2. The second kappa shape index (κ2) is 7.12. The van der Waals surface area contributed by atoms with Gasteiger partial charge in [-0.25, -0.2) is 4.98 Å². The summed E-state index contributed by atoms with van der Waals surface area (Å²) in [6, 6.07) is 10.9. The maximum atomic E-state index is 12.0. The molecule has 1 fully saturated rings. The summed E-state index contributed by atoms with van der Waals surface area (Å²) in [4.78, 5) is 29.6. The van der Waals surface area contributed by atoms with Gasteiger partial charge in [-0.3, -0.25) is 9.59 Å². The van der Waals surface area contributed by atoms with E-state index >= 15 is 0 Å². The van der Waals surface area contributed by atoms with E-state index in [2.05, 4.69) is 10.3 Å². The largest absolute Gasteiger partial charge is 0.468 e. The van der Waals surface area contributed by atoms with Crippen LogP contribution in [0, 0.1) is 6.92 Å². The van der Waals surface area contributed by atoms with Crippen LogP contribution in [-0.4, -0.2) is 29.9 Å². The van der Waals surface area contributed by atoms with Crippen LogP contribution in [0.3, 0.4) is 0 Å². The Morgan fingerprint density at radius 3 is 2.92 bits per heavy atom. The Labute approximate surface area is 140 Å². The van der Waals surface area contributed by atoms with Crippen molar-refractivity contribution in [2.24, 2.45) is 0 Å². The van der Waals surface area contributed by atoms with Crippen LogP contribution >= 0.6 is 0 Å². The van der Waals surface area contributed by atoms with Gasteiger partial charge in [-0.1, -0.05) is 12.1 Å². The molecule has 1 saturated heterocycles. The van der Waals surface area contributed by atoms with E-state index in [0.29, 0.717) is 18.0 Å². The molecule has 0 atom stereocenters. The number of carbonyl (C=O) groups excluding carboxylic acids is 2. The molecule has 0 unspecified atom stereocenters. The lowest BCUT2D eigenvalue weighted by atomic mass is 10.2. The highest BCUT2D eigenvalue weighted by Gasteiger charge is 2.21. The number of pyridine rings is 1. The number of hydrogen-bond donors (Lipinski definition) is 1. The van der Waals surface area contributed by atoms with Crippen molar-refractivity contribution in [3.8, 4) is 5.88 Å². The predicted molar refractivity (Wildman–Crippen MR) is 91.1 cm³/mol. The van der Waals surface area contributed by atoms with E-state index in [9.17, 15) is 9.59 Å². The number of aryl methyl sites for hydroxylation is 1. The zero-order valence-corrected chi connectivity index (χ0v) is 13.5. The molecule has 6 heteroatoms. The second-order valence-corrected chi connectivity index (χ2v) is 5.71. The molecule has 0 aliphatic carbocycles. The lowest BCUT2D eigenvalue weighted by Crippen LogP contribution is -2.24. The molecule has 1 N–H and O–H groups in total. The highest BCUT2D eigenvalue weighted by molar-refractivity contribution is 5.97. The van der Waals surface area contributed by atoms with Gasteiger partial charge in [0.25, 0.3) is 5.91 Å². The van der Waals surface area contributed by atoms with Crippen LogP contribution in [-0.2, 0) is 9.59 Å². The third-order valence-corrected chi connectivity index (χ3v) is 3.75. The van der Waals surface area contributed by atoms with Gasteiger partial charge in [0.05, 0.1) is 0 Å². The van der Waals surface area contributed by atoms with Gasteiger partial charge in [-0.05, 0) is 37.1 Å². The number of aromatic nitrogens is 1. The maximum Gasteiger partial charge on any atom is 0.262 e. The predicted octanol–water partition coefficient (Wildman–Crippen LogP) is 2.53. The maximum absolute atomic E-state index is 12.0. The van der Waals surface area contributed by atoms with Crippen LogP contribution in [0.1, 0.15) is 18.4 Å². The Morgan fingerprint density at radius 1 is 1.33 bits per heavy atom. The SMILES string of the molecule is Cc1ccc(OCC(=O)Nc2cccc(N3CCCC3=O)c2)nc1. The molecule has 6 nitrogen and oxygen atoms in total. The van der Waals surface area contributed by atoms with Crippen LogP contribution < -0.4 is 15.0 Å². The fourth-order valence-corrected chi connectivity index (χ4v) is 2.55. The van der Waals surface area contributed by atoms with E-state index in [1.54, 1.807) is 29.3 Å². The molecule has 1 aliphatic rings. The molecule has 1 aliphatic heterocycles. The van der Waals surface area contributed by atoms with E-state index in [4.69, 9.17) is 4.74 Å². The molecule has 124 valence electrons. The van der Waals surface area contributed by atoms with Crippen molar-refractivity contribution in [1.82, 2.24) is 4.98 Å². The fourth-order valence-electron chi connectivity index (χ4n) is 2.55. The lowest BCUT2D eigenvalue weighted by molar-refractivity contribution is -0.118. The van der Waals surface area contributed by atoms with Gasteiger partial charge in [0, 0.05) is 36.6 Å². The van der Waals surface area contributed by atoms with Crippen molar-refractivity contribution in [2.75, 3.05) is 23.4 Å². The molecule has 3 rings (SSSR count). The van der Waals surface area contributed by atoms with Gasteiger partial charge in [-0.15, -0.1) is 0 Å². The lowest BCUT2D eigenvalue weighted by Gasteiger charge is -2.16. The first-order chi connectivity index (χ1) is 11.6. The normalized spacial score (nSPS) is 13.9. The van der Waals surface area contributed by atoms with Crippen LogP contribution in [0.4, 0.5) is 11.4 Å². The highest BCUT2D eigenvalue weighted by atomic mass is 16.5. The summed E-state index contributed by atoms with van der Waals surface area (Å²) in [5.74, 6) is 0.252. The third kappa shape index (κ3) is 3.90. The molecular weight excluding hydrogens is 306 g/mol. The Balaban J connectivity index is 1.58. The van der Waals surface area contributed by atoms with Crippen molar-refractivity contribution < 1.29 is 14.3 Å². The van der Waals surface area contributed by atoms with Gasteiger partial charge >= 0.3 is 0 Å². The summed E-state index contributed by atoms with van der Waals surface area (Å²) in [6.45, 7) is 2.53. The number of carbonyl (C=O) groups is 2. The van der Waals surface area contributed by atoms with E-state index in [-0.39, 0.29) is 18.4 Å².